The fourth-order valence-electron chi connectivity index (χ4n) is 3.11. The minimum absolute atomic E-state index is 0.127. The third kappa shape index (κ3) is 3.63. The van der Waals surface area contributed by atoms with Crippen LogP contribution in [0.4, 0.5) is 0 Å². The number of hydrogen-bond donors (Lipinski definition) is 1. The van der Waals surface area contributed by atoms with E-state index in [2.05, 4.69) is 5.10 Å². The SMILES string of the molecule is CC(C)=CC[C@]1(C(=O)O)CCCN(C(=O)c2cn(C)nc2C)C1. The number of rotatable bonds is 4. The zero-order chi connectivity index (χ0) is 17.2. The number of aliphatic carboxylic acids is 1. The molecule has 1 atom stereocenters. The van der Waals surface area contributed by atoms with Crippen molar-refractivity contribution in [3.8, 4) is 0 Å². The molecule has 6 heteroatoms. The Bertz CT molecular complexity index is 644. The minimum Gasteiger partial charge on any atom is -0.481 e. The summed E-state index contributed by atoms with van der Waals surface area (Å²) in [4.78, 5) is 26.3. The van der Waals surface area contributed by atoms with E-state index in [1.807, 2.05) is 19.9 Å². The number of amides is 1. The van der Waals surface area contributed by atoms with Gasteiger partial charge in [0.2, 0.25) is 0 Å². The summed E-state index contributed by atoms with van der Waals surface area (Å²) in [5, 5.41) is 13.9. The highest BCUT2D eigenvalue weighted by atomic mass is 16.4. The van der Waals surface area contributed by atoms with Crippen molar-refractivity contribution in [1.82, 2.24) is 14.7 Å². The molecule has 1 aromatic heterocycles. The van der Waals surface area contributed by atoms with E-state index >= 15 is 0 Å². The van der Waals surface area contributed by atoms with Gasteiger partial charge in [0, 0.05) is 26.3 Å². The highest BCUT2D eigenvalue weighted by Gasteiger charge is 2.43. The van der Waals surface area contributed by atoms with Gasteiger partial charge in [-0.2, -0.15) is 5.10 Å². The maximum atomic E-state index is 12.7. The Morgan fingerprint density at radius 3 is 2.65 bits per heavy atom. The predicted octanol–water partition coefficient (Wildman–Crippen LogP) is 2.39. The van der Waals surface area contributed by atoms with E-state index in [-0.39, 0.29) is 12.5 Å². The number of hydrogen-bond acceptors (Lipinski definition) is 3. The second-order valence-corrected chi connectivity index (χ2v) is 6.70. The van der Waals surface area contributed by atoms with Crippen LogP contribution in [0.1, 0.15) is 49.2 Å². The van der Waals surface area contributed by atoms with Gasteiger partial charge in [-0.25, -0.2) is 0 Å². The van der Waals surface area contributed by atoms with Gasteiger partial charge < -0.3 is 10.0 Å². The molecule has 0 saturated carbocycles. The Morgan fingerprint density at radius 2 is 2.13 bits per heavy atom. The first-order chi connectivity index (χ1) is 10.7. The fraction of sp³-hybridized carbons (Fsp3) is 0.588. The van der Waals surface area contributed by atoms with Gasteiger partial charge in [-0.15, -0.1) is 0 Å². The predicted molar refractivity (Wildman–Crippen MR) is 87.2 cm³/mol. The molecule has 2 heterocycles. The molecule has 0 radical (unpaired) electrons. The molecule has 6 nitrogen and oxygen atoms in total. The summed E-state index contributed by atoms with van der Waals surface area (Å²) in [5.41, 5.74) is 1.43. The number of carboxylic acids is 1. The largest absolute Gasteiger partial charge is 0.481 e. The Labute approximate surface area is 136 Å². The molecule has 0 aromatic carbocycles. The van der Waals surface area contributed by atoms with Crippen molar-refractivity contribution in [2.75, 3.05) is 13.1 Å². The lowest BCUT2D eigenvalue weighted by atomic mass is 9.76. The third-order valence-electron chi connectivity index (χ3n) is 4.46. The monoisotopic (exact) mass is 319 g/mol. The normalized spacial score (nSPS) is 21.1. The Kier molecular flexibility index (Phi) is 4.92. The van der Waals surface area contributed by atoms with Crippen LogP contribution in [0, 0.1) is 12.3 Å². The van der Waals surface area contributed by atoms with Crippen LogP contribution >= 0.6 is 0 Å². The van der Waals surface area contributed by atoms with E-state index in [4.69, 9.17) is 0 Å². The molecule has 1 amide bonds. The highest BCUT2D eigenvalue weighted by Crippen LogP contribution is 2.35. The molecule has 23 heavy (non-hydrogen) atoms. The molecular weight excluding hydrogens is 294 g/mol. The molecule has 1 saturated heterocycles. The lowest BCUT2D eigenvalue weighted by Gasteiger charge is -2.39. The summed E-state index contributed by atoms with van der Waals surface area (Å²) < 4.78 is 1.61. The highest BCUT2D eigenvalue weighted by molar-refractivity contribution is 5.95. The van der Waals surface area contributed by atoms with Crippen LogP contribution in [-0.4, -0.2) is 44.8 Å². The number of aryl methyl sites for hydroxylation is 2. The van der Waals surface area contributed by atoms with E-state index in [1.165, 1.54) is 0 Å². The van der Waals surface area contributed by atoms with Gasteiger partial charge in [0.25, 0.3) is 5.91 Å². The summed E-state index contributed by atoms with van der Waals surface area (Å²) in [7, 11) is 1.77. The Hall–Kier alpha value is -2.11. The average molecular weight is 319 g/mol. The summed E-state index contributed by atoms with van der Waals surface area (Å²) in [6.07, 6.45) is 5.42. The standard InChI is InChI=1S/C17H25N3O3/c1-12(2)6-8-17(16(22)23)7-5-9-20(11-17)15(21)14-10-19(4)18-13(14)3/h6,10H,5,7-9,11H2,1-4H3,(H,22,23)/t17-/m1/s1. The molecule has 2 rings (SSSR count). The van der Waals surface area contributed by atoms with Crippen LogP contribution in [0.2, 0.25) is 0 Å². The van der Waals surface area contributed by atoms with Crippen molar-refractivity contribution in [2.24, 2.45) is 12.5 Å². The van der Waals surface area contributed by atoms with Gasteiger partial charge in [-0.05, 0) is 40.0 Å². The van der Waals surface area contributed by atoms with Crippen molar-refractivity contribution in [3.05, 3.63) is 29.1 Å². The van der Waals surface area contributed by atoms with E-state index in [0.29, 0.717) is 37.1 Å². The quantitative estimate of drug-likeness (QED) is 0.865. The van der Waals surface area contributed by atoms with E-state index in [0.717, 1.165) is 5.57 Å². The topological polar surface area (TPSA) is 75.4 Å². The van der Waals surface area contributed by atoms with Crippen LogP contribution in [0.3, 0.4) is 0 Å². The number of carbonyl (C=O) groups excluding carboxylic acids is 1. The first kappa shape index (κ1) is 17.2. The first-order valence-electron chi connectivity index (χ1n) is 7.91. The minimum atomic E-state index is -0.888. The molecular formula is C17H25N3O3. The number of carbonyl (C=O) groups is 2. The van der Waals surface area contributed by atoms with E-state index in [1.54, 1.807) is 29.7 Å². The lowest BCUT2D eigenvalue weighted by molar-refractivity contribution is -0.151. The molecule has 0 spiro atoms. The lowest BCUT2D eigenvalue weighted by Crippen LogP contribution is -2.49. The maximum absolute atomic E-state index is 12.7. The van der Waals surface area contributed by atoms with Crippen molar-refractivity contribution in [1.29, 1.82) is 0 Å². The van der Waals surface area contributed by atoms with Crippen molar-refractivity contribution in [3.63, 3.8) is 0 Å². The second-order valence-electron chi connectivity index (χ2n) is 6.70. The van der Waals surface area contributed by atoms with Gasteiger partial charge in [-0.1, -0.05) is 11.6 Å². The van der Waals surface area contributed by atoms with Gasteiger partial charge >= 0.3 is 5.97 Å². The van der Waals surface area contributed by atoms with Crippen molar-refractivity contribution < 1.29 is 14.7 Å². The second kappa shape index (κ2) is 6.56. The van der Waals surface area contributed by atoms with Crippen LogP contribution in [0.25, 0.3) is 0 Å². The van der Waals surface area contributed by atoms with Crippen LogP contribution < -0.4 is 0 Å². The zero-order valence-corrected chi connectivity index (χ0v) is 14.3. The summed E-state index contributed by atoms with van der Waals surface area (Å²) in [6, 6.07) is 0. The van der Waals surface area contributed by atoms with Gasteiger partial charge in [0.15, 0.2) is 0 Å². The van der Waals surface area contributed by atoms with Gasteiger partial charge in [0.1, 0.15) is 0 Å². The first-order valence-corrected chi connectivity index (χ1v) is 7.91. The number of nitrogens with zero attached hydrogens (tertiary/aromatic N) is 3. The number of allylic oxidation sites excluding steroid dienone is 2. The average Bonchev–Trinajstić information content (AvgIpc) is 2.83. The Morgan fingerprint density at radius 1 is 1.43 bits per heavy atom. The molecule has 1 N–H and O–H groups in total. The van der Waals surface area contributed by atoms with Crippen LogP contribution in [0.15, 0.2) is 17.8 Å². The van der Waals surface area contributed by atoms with E-state index < -0.39 is 11.4 Å². The number of piperidine rings is 1. The molecule has 1 aliphatic heterocycles. The molecule has 1 aromatic rings. The van der Waals surface area contributed by atoms with Gasteiger partial charge in [0.05, 0.1) is 16.7 Å². The van der Waals surface area contributed by atoms with E-state index in [9.17, 15) is 14.7 Å². The number of likely N-dealkylation sites (tertiary alicyclic amines) is 1. The smallest absolute Gasteiger partial charge is 0.311 e. The van der Waals surface area contributed by atoms with Crippen molar-refractivity contribution in [2.45, 2.75) is 40.0 Å². The van der Waals surface area contributed by atoms with Crippen LogP contribution in [0.5, 0.6) is 0 Å². The number of carboxylic acid groups (broad SMARTS) is 1. The third-order valence-corrected chi connectivity index (χ3v) is 4.46. The molecule has 0 unspecified atom stereocenters. The van der Waals surface area contributed by atoms with Crippen molar-refractivity contribution >= 4 is 11.9 Å². The van der Waals surface area contributed by atoms with Gasteiger partial charge in [-0.3, -0.25) is 14.3 Å². The fourth-order valence-corrected chi connectivity index (χ4v) is 3.11. The maximum Gasteiger partial charge on any atom is 0.311 e. The van der Waals surface area contributed by atoms with Crippen LogP contribution in [-0.2, 0) is 11.8 Å². The summed E-state index contributed by atoms with van der Waals surface area (Å²) in [6.45, 7) is 6.56. The summed E-state index contributed by atoms with van der Waals surface area (Å²) in [5.74, 6) is -0.950. The summed E-state index contributed by atoms with van der Waals surface area (Å²) >= 11 is 0. The molecule has 126 valence electrons. The molecule has 0 aliphatic carbocycles. The number of aromatic nitrogens is 2. The molecule has 1 aliphatic rings. The molecule has 0 bridgehead atoms. The Balaban J connectivity index is 2.24. The molecule has 1 fully saturated rings. The zero-order valence-electron chi connectivity index (χ0n) is 14.3.